The Balaban J connectivity index is 2.92. The number of thioether (sulfide) groups is 1. The van der Waals surface area contributed by atoms with Crippen molar-refractivity contribution in [1.29, 1.82) is 0 Å². The minimum Gasteiger partial charge on any atom is -0.366 e. The topological polar surface area (TPSA) is 75.9 Å². The number of nitrogens with zero attached hydrogens (tertiary/aromatic N) is 2. The molecule has 0 bridgehead atoms. The molecule has 0 aliphatic rings. The molecule has 0 amide bonds. The van der Waals surface area contributed by atoms with E-state index in [4.69, 9.17) is 5.84 Å². The highest BCUT2D eigenvalue weighted by molar-refractivity contribution is 7.98. The van der Waals surface area contributed by atoms with Gasteiger partial charge in [0.1, 0.15) is 18.0 Å². The number of rotatable bonds is 8. The SMILES string of the molecule is CCCc1c(NN)ncnc1NC(CC)CSC. The summed E-state index contributed by atoms with van der Waals surface area (Å²) >= 11 is 1.84. The first-order chi connectivity index (χ1) is 8.76. The summed E-state index contributed by atoms with van der Waals surface area (Å²) in [6, 6.07) is 0.427. The van der Waals surface area contributed by atoms with Crippen LogP contribution in [0.5, 0.6) is 0 Å². The first kappa shape index (κ1) is 15.0. The van der Waals surface area contributed by atoms with Crippen molar-refractivity contribution in [3.63, 3.8) is 0 Å². The highest BCUT2D eigenvalue weighted by Crippen LogP contribution is 2.22. The van der Waals surface area contributed by atoms with E-state index in [9.17, 15) is 0 Å². The summed E-state index contributed by atoms with van der Waals surface area (Å²) in [5, 5.41) is 3.49. The molecule has 0 aliphatic carbocycles. The van der Waals surface area contributed by atoms with Crippen LogP contribution in [0, 0.1) is 0 Å². The smallest absolute Gasteiger partial charge is 0.148 e. The molecule has 1 aromatic rings. The van der Waals surface area contributed by atoms with Crippen LogP contribution in [0.3, 0.4) is 0 Å². The van der Waals surface area contributed by atoms with Crippen LogP contribution in [0.2, 0.25) is 0 Å². The average molecular weight is 269 g/mol. The van der Waals surface area contributed by atoms with Crippen molar-refractivity contribution >= 4 is 23.4 Å². The fourth-order valence-electron chi connectivity index (χ4n) is 1.80. The molecule has 1 rings (SSSR count). The Bertz CT molecular complexity index is 358. The molecule has 5 nitrogen and oxygen atoms in total. The lowest BCUT2D eigenvalue weighted by Crippen LogP contribution is -2.23. The van der Waals surface area contributed by atoms with E-state index in [2.05, 4.69) is 40.8 Å². The van der Waals surface area contributed by atoms with Gasteiger partial charge in [-0.15, -0.1) is 0 Å². The lowest BCUT2D eigenvalue weighted by molar-refractivity contribution is 0.763. The van der Waals surface area contributed by atoms with Crippen LogP contribution < -0.4 is 16.6 Å². The Kier molecular flexibility index (Phi) is 6.82. The van der Waals surface area contributed by atoms with Crippen molar-refractivity contribution in [3.8, 4) is 0 Å². The largest absolute Gasteiger partial charge is 0.366 e. The molecule has 0 radical (unpaired) electrons. The molecule has 0 aromatic carbocycles. The maximum Gasteiger partial charge on any atom is 0.148 e. The number of hydrogen-bond acceptors (Lipinski definition) is 6. The van der Waals surface area contributed by atoms with Gasteiger partial charge in [0.25, 0.3) is 0 Å². The van der Waals surface area contributed by atoms with Gasteiger partial charge < -0.3 is 10.7 Å². The molecule has 1 heterocycles. The molecule has 1 atom stereocenters. The van der Waals surface area contributed by atoms with E-state index in [0.717, 1.165) is 36.4 Å². The lowest BCUT2D eigenvalue weighted by atomic mass is 10.1. The summed E-state index contributed by atoms with van der Waals surface area (Å²) in [5.74, 6) is 8.19. The number of nitrogen functional groups attached to an aromatic ring is 1. The Morgan fingerprint density at radius 1 is 1.33 bits per heavy atom. The van der Waals surface area contributed by atoms with Gasteiger partial charge in [-0.2, -0.15) is 11.8 Å². The van der Waals surface area contributed by atoms with E-state index in [1.165, 1.54) is 0 Å². The zero-order valence-corrected chi connectivity index (χ0v) is 12.2. The van der Waals surface area contributed by atoms with E-state index in [-0.39, 0.29) is 0 Å². The van der Waals surface area contributed by atoms with Gasteiger partial charge in [-0.05, 0) is 19.1 Å². The molecule has 102 valence electrons. The molecule has 0 fully saturated rings. The van der Waals surface area contributed by atoms with Gasteiger partial charge >= 0.3 is 0 Å². The Morgan fingerprint density at radius 2 is 2.06 bits per heavy atom. The maximum atomic E-state index is 5.50. The van der Waals surface area contributed by atoms with E-state index in [1.54, 1.807) is 6.33 Å². The van der Waals surface area contributed by atoms with Gasteiger partial charge in [0.2, 0.25) is 0 Å². The van der Waals surface area contributed by atoms with E-state index >= 15 is 0 Å². The van der Waals surface area contributed by atoms with Crippen LogP contribution >= 0.6 is 11.8 Å². The zero-order valence-electron chi connectivity index (χ0n) is 11.4. The maximum absolute atomic E-state index is 5.50. The molecule has 4 N–H and O–H groups in total. The summed E-state index contributed by atoms with van der Waals surface area (Å²) in [5.41, 5.74) is 3.72. The van der Waals surface area contributed by atoms with Crippen molar-refractivity contribution in [2.45, 2.75) is 39.2 Å². The van der Waals surface area contributed by atoms with E-state index in [0.29, 0.717) is 11.9 Å². The van der Waals surface area contributed by atoms with Gasteiger partial charge in [0, 0.05) is 17.4 Å². The molecular formula is C12H23N5S. The molecule has 0 saturated heterocycles. The highest BCUT2D eigenvalue weighted by Gasteiger charge is 2.13. The Morgan fingerprint density at radius 3 is 2.61 bits per heavy atom. The van der Waals surface area contributed by atoms with E-state index in [1.807, 2.05) is 11.8 Å². The zero-order chi connectivity index (χ0) is 13.4. The van der Waals surface area contributed by atoms with Gasteiger partial charge in [0.05, 0.1) is 0 Å². The fraction of sp³-hybridized carbons (Fsp3) is 0.667. The summed E-state index contributed by atoms with van der Waals surface area (Å²) in [7, 11) is 0. The summed E-state index contributed by atoms with van der Waals surface area (Å²) in [4.78, 5) is 8.51. The van der Waals surface area contributed by atoms with Crippen LogP contribution in [0.4, 0.5) is 11.6 Å². The molecule has 0 saturated carbocycles. The third kappa shape index (κ3) is 4.03. The number of nitrogens with one attached hydrogen (secondary N) is 2. The van der Waals surface area contributed by atoms with Crippen molar-refractivity contribution in [3.05, 3.63) is 11.9 Å². The monoisotopic (exact) mass is 269 g/mol. The van der Waals surface area contributed by atoms with Gasteiger partial charge in [-0.3, -0.25) is 0 Å². The van der Waals surface area contributed by atoms with Gasteiger partial charge in [-0.25, -0.2) is 15.8 Å². The first-order valence-electron chi connectivity index (χ1n) is 6.32. The number of anilines is 2. The summed E-state index contributed by atoms with van der Waals surface area (Å²) in [6.07, 6.45) is 6.68. The predicted octanol–water partition coefficient (Wildman–Crippen LogP) is 2.27. The number of hydrazine groups is 1. The summed E-state index contributed by atoms with van der Waals surface area (Å²) in [6.45, 7) is 4.31. The van der Waals surface area contributed by atoms with Gasteiger partial charge in [-0.1, -0.05) is 20.3 Å². The second kappa shape index (κ2) is 8.16. The molecule has 6 heteroatoms. The first-order valence-corrected chi connectivity index (χ1v) is 7.72. The normalized spacial score (nSPS) is 12.2. The predicted molar refractivity (Wildman–Crippen MR) is 79.9 cm³/mol. The molecule has 0 aliphatic heterocycles. The third-order valence-corrected chi connectivity index (χ3v) is 3.52. The second-order valence-corrected chi connectivity index (χ2v) is 5.06. The molecule has 0 spiro atoms. The Labute approximate surface area is 113 Å². The summed E-state index contributed by atoms with van der Waals surface area (Å²) < 4.78 is 0. The quantitative estimate of drug-likeness (QED) is 0.496. The third-order valence-electron chi connectivity index (χ3n) is 2.78. The number of hydrogen-bond donors (Lipinski definition) is 3. The molecule has 18 heavy (non-hydrogen) atoms. The van der Waals surface area contributed by atoms with Crippen LogP contribution in [0.25, 0.3) is 0 Å². The number of nitrogens with two attached hydrogens (primary N) is 1. The fourth-order valence-corrected chi connectivity index (χ4v) is 2.53. The van der Waals surface area contributed by atoms with Crippen molar-refractivity contribution in [2.24, 2.45) is 5.84 Å². The minimum absolute atomic E-state index is 0.427. The molecule has 1 aromatic heterocycles. The lowest BCUT2D eigenvalue weighted by Gasteiger charge is -2.19. The molecule has 1 unspecified atom stereocenters. The minimum atomic E-state index is 0.427. The van der Waals surface area contributed by atoms with Crippen molar-refractivity contribution in [1.82, 2.24) is 9.97 Å². The van der Waals surface area contributed by atoms with E-state index < -0.39 is 0 Å². The second-order valence-electron chi connectivity index (χ2n) is 4.15. The average Bonchev–Trinajstić information content (AvgIpc) is 2.40. The van der Waals surface area contributed by atoms with Gasteiger partial charge in [0.15, 0.2) is 0 Å². The Hall–Kier alpha value is -1.01. The van der Waals surface area contributed by atoms with Crippen molar-refractivity contribution in [2.75, 3.05) is 22.8 Å². The van der Waals surface area contributed by atoms with Crippen LogP contribution in [-0.4, -0.2) is 28.0 Å². The van der Waals surface area contributed by atoms with Crippen LogP contribution in [0.1, 0.15) is 32.3 Å². The van der Waals surface area contributed by atoms with Crippen LogP contribution in [-0.2, 0) is 6.42 Å². The molecular weight excluding hydrogens is 246 g/mol. The number of aromatic nitrogens is 2. The standard InChI is InChI=1S/C12H23N5S/c1-4-6-10-11(14-8-15-12(10)17-13)16-9(5-2)7-18-3/h8-9H,4-7,13H2,1-3H3,(H2,14,15,16,17). The van der Waals surface area contributed by atoms with Crippen LogP contribution in [0.15, 0.2) is 6.33 Å². The van der Waals surface area contributed by atoms with Crippen molar-refractivity contribution < 1.29 is 0 Å². The highest BCUT2D eigenvalue weighted by atomic mass is 32.2.